The summed E-state index contributed by atoms with van der Waals surface area (Å²) in [5.41, 5.74) is 2.59. The second-order valence-electron chi connectivity index (χ2n) is 6.28. The Morgan fingerprint density at radius 2 is 2.04 bits per heavy atom. The number of rotatable bonds is 5. The van der Waals surface area contributed by atoms with Gasteiger partial charge in [-0.2, -0.15) is 0 Å². The molecule has 0 radical (unpaired) electrons. The van der Waals surface area contributed by atoms with E-state index in [1.165, 1.54) is 0 Å². The average Bonchev–Trinajstić information content (AvgIpc) is 2.68. The van der Waals surface area contributed by atoms with E-state index in [1.807, 2.05) is 42.3 Å². The quantitative estimate of drug-likeness (QED) is 0.840. The lowest BCUT2D eigenvalue weighted by Gasteiger charge is -2.31. The van der Waals surface area contributed by atoms with E-state index in [1.54, 1.807) is 19.4 Å². The first kappa shape index (κ1) is 17.4. The lowest BCUT2D eigenvalue weighted by molar-refractivity contribution is 0.0362. The van der Waals surface area contributed by atoms with E-state index in [2.05, 4.69) is 4.98 Å². The Balaban J connectivity index is 1.75. The highest BCUT2D eigenvalue weighted by Crippen LogP contribution is 2.21. The van der Waals surface area contributed by atoms with Crippen LogP contribution in [0.4, 0.5) is 0 Å². The molecule has 1 aromatic heterocycles. The Morgan fingerprint density at radius 1 is 1.28 bits per heavy atom. The number of carbonyl (C=O) groups excluding carboxylic acids is 1. The van der Waals surface area contributed by atoms with Crippen LogP contribution in [0.3, 0.4) is 0 Å². The maximum absolute atomic E-state index is 12.8. The van der Waals surface area contributed by atoms with Gasteiger partial charge in [0.25, 0.3) is 5.91 Å². The molecule has 0 spiro atoms. The van der Waals surface area contributed by atoms with Crippen molar-refractivity contribution < 1.29 is 14.3 Å². The lowest BCUT2D eigenvalue weighted by Crippen LogP contribution is -2.40. The summed E-state index contributed by atoms with van der Waals surface area (Å²) in [5.74, 6) is 0.871. The monoisotopic (exact) mass is 340 g/mol. The number of aromatic nitrogens is 1. The van der Waals surface area contributed by atoms with Gasteiger partial charge in [-0.25, -0.2) is 0 Å². The predicted octanol–water partition coefficient (Wildman–Crippen LogP) is 2.93. The molecule has 1 aromatic carbocycles. The van der Waals surface area contributed by atoms with E-state index >= 15 is 0 Å². The van der Waals surface area contributed by atoms with E-state index in [0.29, 0.717) is 12.0 Å². The Hall–Kier alpha value is -2.40. The van der Waals surface area contributed by atoms with E-state index in [9.17, 15) is 4.79 Å². The van der Waals surface area contributed by atoms with Crippen LogP contribution in [0.1, 0.15) is 34.5 Å². The van der Waals surface area contributed by atoms with E-state index in [0.717, 1.165) is 43.1 Å². The van der Waals surface area contributed by atoms with Crippen LogP contribution < -0.4 is 4.74 Å². The molecule has 1 aliphatic heterocycles. The van der Waals surface area contributed by atoms with Gasteiger partial charge in [0.1, 0.15) is 5.75 Å². The van der Waals surface area contributed by atoms with Crippen molar-refractivity contribution in [3.8, 4) is 5.75 Å². The molecular weight excluding hydrogens is 316 g/mol. The Kier molecular flexibility index (Phi) is 5.66. The highest BCUT2D eigenvalue weighted by molar-refractivity contribution is 5.94. The highest BCUT2D eigenvalue weighted by atomic mass is 16.5. The third-order valence-corrected chi connectivity index (χ3v) is 4.69. The highest BCUT2D eigenvalue weighted by Gasteiger charge is 2.23. The lowest BCUT2D eigenvalue weighted by atomic mass is 10.0. The minimum Gasteiger partial charge on any atom is -0.496 e. The second-order valence-corrected chi connectivity index (χ2v) is 6.28. The summed E-state index contributed by atoms with van der Waals surface area (Å²) in [6, 6.07) is 11.8. The zero-order chi connectivity index (χ0) is 17.6. The minimum absolute atomic E-state index is 0.0376. The topological polar surface area (TPSA) is 51.7 Å². The first-order chi connectivity index (χ1) is 12.2. The molecule has 1 fully saturated rings. The fraction of sp³-hybridized carbons (Fsp3) is 0.400. The molecule has 0 unspecified atom stereocenters. The fourth-order valence-electron chi connectivity index (χ4n) is 3.19. The van der Waals surface area contributed by atoms with Gasteiger partial charge in [-0.1, -0.05) is 18.2 Å². The molecular formula is C20H24N2O3. The van der Waals surface area contributed by atoms with Gasteiger partial charge in [-0.05, 0) is 31.0 Å². The van der Waals surface area contributed by atoms with Crippen molar-refractivity contribution in [2.24, 2.45) is 0 Å². The summed E-state index contributed by atoms with van der Waals surface area (Å²) >= 11 is 0. The minimum atomic E-state index is 0.0376. The Bertz CT molecular complexity index is 726. The largest absolute Gasteiger partial charge is 0.496 e. The third kappa shape index (κ3) is 4.17. The molecule has 132 valence electrons. The third-order valence-electron chi connectivity index (χ3n) is 4.69. The predicted molar refractivity (Wildman–Crippen MR) is 96.0 cm³/mol. The van der Waals surface area contributed by atoms with Crippen LogP contribution in [0, 0.1) is 0 Å². The van der Waals surface area contributed by atoms with Crippen LogP contribution >= 0.6 is 0 Å². The van der Waals surface area contributed by atoms with Gasteiger partial charge in [-0.15, -0.1) is 0 Å². The Labute approximate surface area is 148 Å². The van der Waals surface area contributed by atoms with Crippen molar-refractivity contribution in [1.82, 2.24) is 9.88 Å². The smallest absolute Gasteiger partial charge is 0.253 e. The number of para-hydroxylation sites is 1. The molecule has 1 amide bonds. The molecule has 1 aliphatic rings. The first-order valence-corrected chi connectivity index (χ1v) is 8.60. The SMILES string of the molecule is COc1ccccc1Cc1cc(C(=O)N(C)C2CCOCC2)ccn1. The van der Waals surface area contributed by atoms with Crippen LogP contribution in [-0.2, 0) is 11.2 Å². The van der Waals surface area contributed by atoms with Gasteiger partial charge >= 0.3 is 0 Å². The van der Waals surface area contributed by atoms with Crippen LogP contribution in [-0.4, -0.2) is 49.2 Å². The van der Waals surface area contributed by atoms with Gasteiger partial charge in [0.05, 0.1) is 7.11 Å². The molecule has 1 saturated heterocycles. The zero-order valence-electron chi connectivity index (χ0n) is 14.8. The summed E-state index contributed by atoms with van der Waals surface area (Å²) in [7, 11) is 3.54. The molecule has 25 heavy (non-hydrogen) atoms. The zero-order valence-corrected chi connectivity index (χ0v) is 14.8. The van der Waals surface area contributed by atoms with Gasteiger partial charge in [0.15, 0.2) is 0 Å². The summed E-state index contributed by atoms with van der Waals surface area (Å²) in [6.07, 6.45) is 4.12. The maximum Gasteiger partial charge on any atom is 0.253 e. The number of carbonyl (C=O) groups is 1. The molecule has 0 atom stereocenters. The molecule has 0 N–H and O–H groups in total. The molecule has 0 saturated carbocycles. The van der Waals surface area contributed by atoms with Crippen molar-refractivity contribution in [2.45, 2.75) is 25.3 Å². The van der Waals surface area contributed by atoms with Crippen LogP contribution in [0.25, 0.3) is 0 Å². The number of pyridine rings is 1. The number of amides is 1. The van der Waals surface area contributed by atoms with Crippen molar-refractivity contribution in [3.63, 3.8) is 0 Å². The van der Waals surface area contributed by atoms with Gasteiger partial charge < -0.3 is 14.4 Å². The summed E-state index contributed by atoms with van der Waals surface area (Å²) < 4.78 is 10.8. The van der Waals surface area contributed by atoms with Gasteiger partial charge in [-0.3, -0.25) is 9.78 Å². The van der Waals surface area contributed by atoms with E-state index in [-0.39, 0.29) is 11.9 Å². The standard InChI is InChI=1S/C20H24N2O3/c1-22(18-8-11-25-12-9-18)20(23)16-7-10-21-17(14-16)13-15-5-3-4-6-19(15)24-2/h3-7,10,14,18H,8-9,11-13H2,1-2H3. The molecule has 2 aromatic rings. The Morgan fingerprint density at radius 3 is 2.80 bits per heavy atom. The van der Waals surface area contributed by atoms with Gasteiger partial charge in [0.2, 0.25) is 0 Å². The molecule has 5 nitrogen and oxygen atoms in total. The number of benzene rings is 1. The van der Waals surface area contributed by atoms with Crippen molar-refractivity contribution in [1.29, 1.82) is 0 Å². The molecule has 0 aliphatic carbocycles. The van der Waals surface area contributed by atoms with Crippen LogP contribution in [0.15, 0.2) is 42.6 Å². The van der Waals surface area contributed by atoms with Crippen LogP contribution in [0.5, 0.6) is 5.75 Å². The number of hydrogen-bond donors (Lipinski definition) is 0. The van der Waals surface area contributed by atoms with Crippen molar-refractivity contribution >= 4 is 5.91 Å². The number of nitrogens with zero attached hydrogens (tertiary/aromatic N) is 2. The van der Waals surface area contributed by atoms with E-state index < -0.39 is 0 Å². The molecule has 5 heteroatoms. The van der Waals surface area contributed by atoms with Gasteiger partial charge in [0, 0.05) is 55.7 Å². The maximum atomic E-state index is 12.8. The number of hydrogen-bond acceptors (Lipinski definition) is 4. The number of methoxy groups -OCH3 is 1. The average molecular weight is 340 g/mol. The first-order valence-electron chi connectivity index (χ1n) is 8.60. The summed E-state index contributed by atoms with van der Waals surface area (Å²) in [4.78, 5) is 19.1. The molecule has 0 bridgehead atoms. The second kappa shape index (κ2) is 8.12. The number of ether oxygens (including phenoxy) is 2. The summed E-state index contributed by atoms with van der Waals surface area (Å²) in [6.45, 7) is 1.44. The van der Waals surface area contributed by atoms with Crippen molar-refractivity contribution in [2.75, 3.05) is 27.4 Å². The van der Waals surface area contributed by atoms with Crippen molar-refractivity contribution in [3.05, 3.63) is 59.4 Å². The normalized spacial score (nSPS) is 15.0. The molecule has 2 heterocycles. The fourth-order valence-corrected chi connectivity index (χ4v) is 3.19. The van der Waals surface area contributed by atoms with E-state index in [4.69, 9.17) is 9.47 Å². The molecule has 3 rings (SSSR count). The summed E-state index contributed by atoms with van der Waals surface area (Å²) in [5, 5.41) is 0. The van der Waals surface area contributed by atoms with Crippen LogP contribution in [0.2, 0.25) is 0 Å².